The molecule has 1 saturated carbocycles. The molecule has 1 fully saturated rings. The van der Waals surface area contributed by atoms with E-state index in [0.29, 0.717) is 41.5 Å². The van der Waals surface area contributed by atoms with Crippen molar-refractivity contribution in [3.05, 3.63) is 35.5 Å². The van der Waals surface area contributed by atoms with Crippen molar-refractivity contribution in [3.8, 4) is 11.9 Å². The molecular weight excluding hydrogens is 399 g/mol. The lowest BCUT2D eigenvalue weighted by atomic mass is 9.77. The Hall–Kier alpha value is -2.86. The zero-order valence-electron chi connectivity index (χ0n) is 18.2. The Labute approximate surface area is 181 Å². The molecule has 31 heavy (non-hydrogen) atoms. The van der Waals surface area contributed by atoms with Crippen LogP contribution >= 0.6 is 0 Å². The van der Waals surface area contributed by atoms with Gasteiger partial charge in [0.05, 0.1) is 28.6 Å². The Balaban J connectivity index is 1.69. The second-order valence-corrected chi connectivity index (χ2v) is 9.04. The largest absolute Gasteiger partial charge is 0.474 e. The molecule has 2 N–H and O–H groups in total. The molecule has 2 aromatic rings. The molecule has 0 saturated heterocycles. The molecule has 0 bridgehead atoms. The fourth-order valence-electron chi connectivity index (χ4n) is 3.81. The zero-order chi connectivity index (χ0) is 22.5. The van der Waals surface area contributed by atoms with Crippen LogP contribution in [0.3, 0.4) is 0 Å². The van der Waals surface area contributed by atoms with E-state index >= 15 is 0 Å². The Bertz CT molecular complexity index is 938. The number of nitrogens with one attached hydrogen (secondary N) is 1. The number of ether oxygens (including phenoxy) is 1. The summed E-state index contributed by atoms with van der Waals surface area (Å²) in [5.41, 5.74) is -0.396. The quantitative estimate of drug-likeness (QED) is 0.657. The zero-order valence-corrected chi connectivity index (χ0v) is 18.2. The van der Waals surface area contributed by atoms with E-state index in [0.717, 1.165) is 19.3 Å². The second kappa shape index (κ2) is 9.52. The summed E-state index contributed by atoms with van der Waals surface area (Å²) in [6.45, 7) is 4.89. The minimum atomic E-state index is -1.48. The predicted molar refractivity (Wildman–Crippen MR) is 113 cm³/mol. The Morgan fingerprint density at radius 3 is 2.90 bits per heavy atom. The van der Waals surface area contributed by atoms with E-state index in [1.54, 1.807) is 6.20 Å². The van der Waals surface area contributed by atoms with Crippen LogP contribution in [0.4, 0.5) is 10.3 Å². The lowest BCUT2D eigenvalue weighted by molar-refractivity contribution is 0.00107. The summed E-state index contributed by atoms with van der Waals surface area (Å²) in [4.78, 5) is 16.9. The van der Waals surface area contributed by atoms with Gasteiger partial charge in [0, 0.05) is 12.7 Å². The molecule has 0 aliphatic heterocycles. The van der Waals surface area contributed by atoms with Gasteiger partial charge in [0.1, 0.15) is 24.7 Å². The number of aromatic nitrogens is 4. The number of rotatable bonds is 8. The normalized spacial score (nSPS) is 21.4. The monoisotopic (exact) mass is 428 g/mol. The molecular formula is C22H29FN6O2. The minimum absolute atomic E-state index is 0.125. The predicted octanol–water partition coefficient (Wildman–Crippen LogP) is 3.36. The van der Waals surface area contributed by atoms with Crippen molar-refractivity contribution in [2.24, 2.45) is 5.92 Å². The van der Waals surface area contributed by atoms with E-state index in [9.17, 15) is 14.8 Å². The third kappa shape index (κ3) is 6.82. The number of nitriles is 1. The van der Waals surface area contributed by atoms with Crippen molar-refractivity contribution in [2.45, 2.75) is 70.7 Å². The van der Waals surface area contributed by atoms with Crippen molar-refractivity contribution < 1.29 is 14.2 Å². The van der Waals surface area contributed by atoms with Crippen LogP contribution in [0.1, 0.15) is 63.3 Å². The molecule has 0 radical (unpaired) electrons. The highest BCUT2D eigenvalue weighted by Crippen LogP contribution is 2.34. The van der Waals surface area contributed by atoms with E-state index in [4.69, 9.17) is 4.74 Å². The summed E-state index contributed by atoms with van der Waals surface area (Å²) in [7, 11) is 0. The molecule has 8 nitrogen and oxygen atoms in total. The van der Waals surface area contributed by atoms with Crippen molar-refractivity contribution in [3.63, 3.8) is 0 Å². The molecule has 1 aliphatic carbocycles. The van der Waals surface area contributed by atoms with Gasteiger partial charge in [-0.2, -0.15) is 5.26 Å². The van der Waals surface area contributed by atoms with Gasteiger partial charge in [-0.3, -0.25) is 0 Å². The first-order valence-corrected chi connectivity index (χ1v) is 10.5. The molecule has 166 valence electrons. The fourth-order valence-corrected chi connectivity index (χ4v) is 3.81. The van der Waals surface area contributed by atoms with Gasteiger partial charge in [0.25, 0.3) is 0 Å². The first-order valence-electron chi connectivity index (χ1n) is 10.5. The number of alkyl halides is 1. The van der Waals surface area contributed by atoms with Crippen molar-refractivity contribution in [2.75, 3.05) is 11.9 Å². The summed E-state index contributed by atoms with van der Waals surface area (Å²) in [5.74, 6) is 0.939. The first-order chi connectivity index (χ1) is 14.6. The van der Waals surface area contributed by atoms with Crippen LogP contribution in [0, 0.1) is 17.2 Å². The molecule has 2 atom stereocenters. The highest BCUT2D eigenvalue weighted by Gasteiger charge is 2.30. The standard InChI is InChI=1S/C22H29FN6O2/c1-21(2,23)13-31-19-17(10-25-14-28-19)12-27-20-26-11-16(9-24)18(29-20)7-15-5-4-6-22(3,30)8-15/h10-11,14-15,30H,4-8,12-13H2,1-3H3,(H,26,27,29)/t15-,22+/m0/s1. The van der Waals surface area contributed by atoms with Crippen LogP contribution in [0.2, 0.25) is 0 Å². The summed E-state index contributed by atoms with van der Waals surface area (Å²) in [6.07, 6.45) is 8.52. The van der Waals surface area contributed by atoms with Crippen LogP contribution in [-0.2, 0) is 13.0 Å². The van der Waals surface area contributed by atoms with Gasteiger partial charge >= 0.3 is 0 Å². The van der Waals surface area contributed by atoms with Crippen LogP contribution < -0.4 is 10.1 Å². The maximum absolute atomic E-state index is 13.8. The Morgan fingerprint density at radius 2 is 2.19 bits per heavy atom. The van der Waals surface area contributed by atoms with E-state index in [-0.39, 0.29) is 19.1 Å². The van der Waals surface area contributed by atoms with Gasteiger partial charge in [0.2, 0.25) is 11.8 Å². The Kier molecular flexibility index (Phi) is 7.01. The smallest absolute Gasteiger partial charge is 0.223 e. The molecule has 9 heteroatoms. The summed E-state index contributed by atoms with van der Waals surface area (Å²) >= 11 is 0. The van der Waals surface area contributed by atoms with Crippen LogP contribution in [-0.4, -0.2) is 42.9 Å². The fraction of sp³-hybridized carbons (Fsp3) is 0.591. The summed E-state index contributed by atoms with van der Waals surface area (Å²) in [5, 5.41) is 22.9. The van der Waals surface area contributed by atoms with Gasteiger partial charge in [-0.05, 0) is 52.4 Å². The lowest BCUT2D eigenvalue weighted by Gasteiger charge is -2.33. The third-order valence-corrected chi connectivity index (χ3v) is 5.26. The van der Waals surface area contributed by atoms with Gasteiger partial charge in [-0.1, -0.05) is 6.42 Å². The van der Waals surface area contributed by atoms with Gasteiger partial charge < -0.3 is 15.2 Å². The number of hydrogen-bond donors (Lipinski definition) is 2. The summed E-state index contributed by atoms with van der Waals surface area (Å²) in [6, 6.07) is 2.16. The van der Waals surface area contributed by atoms with Crippen LogP contribution in [0.5, 0.6) is 5.88 Å². The van der Waals surface area contributed by atoms with E-state index in [1.165, 1.54) is 26.4 Å². The number of anilines is 1. The van der Waals surface area contributed by atoms with Crippen molar-refractivity contribution >= 4 is 5.95 Å². The number of halogens is 1. The number of nitrogens with zero attached hydrogens (tertiary/aromatic N) is 5. The van der Waals surface area contributed by atoms with E-state index < -0.39 is 11.3 Å². The molecule has 1 aliphatic rings. The van der Waals surface area contributed by atoms with Gasteiger partial charge in [-0.25, -0.2) is 24.3 Å². The topological polar surface area (TPSA) is 117 Å². The average molecular weight is 429 g/mol. The maximum Gasteiger partial charge on any atom is 0.223 e. The SMILES string of the molecule is CC(C)(F)COc1ncncc1CNc1ncc(C#N)c(C[C@@H]2CCC[C@@](C)(O)C2)n1. The van der Waals surface area contributed by atoms with Gasteiger partial charge in [0.15, 0.2) is 0 Å². The number of aliphatic hydroxyl groups is 1. The van der Waals surface area contributed by atoms with Gasteiger partial charge in [-0.15, -0.1) is 0 Å². The second-order valence-electron chi connectivity index (χ2n) is 9.04. The van der Waals surface area contributed by atoms with Crippen LogP contribution in [0.25, 0.3) is 0 Å². The highest BCUT2D eigenvalue weighted by atomic mass is 19.1. The molecule has 0 aromatic carbocycles. The highest BCUT2D eigenvalue weighted by molar-refractivity contribution is 5.38. The van der Waals surface area contributed by atoms with Crippen LogP contribution in [0.15, 0.2) is 18.7 Å². The molecule has 0 unspecified atom stereocenters. The molecule has 3 rings (SSSR count). The third-order valence-electron chi connectivity index (χ3n) is 5.26. The maximum atomic E-state index is 13.8. The number of hydrogen-bond acceptors (Lipinski definition) is 8. The molecule has 0 amide bonds. The van der Waals surface area contributed by atoms with E-state index in [2.05, 4.69) is 31.3 Å². The molecule has 0 spiro atoms. The Morgan fingerprint density at radius 1 is 1.39 bits per heavy atom. The first kappa shape index (κ1) is 22.8. The van der Waals surface area contributed by atoms with E-state index in [1.807, 2.05) is 6.92 Å². The van der Waals surface area contributed by atoms with Crippen molar-refractivity contribution in [1.82, 2.24) is 19.9 Å². The van der Waals surface area contributed by atoms with Crippen molar-refractivity contribution in [1.29, 1.82) is 5.26 Å². The lowest BCUT2D eigenvalue weighted by Crippen LogP contribution is -2.32. The summed E-state index contributed by atoms with van der Waals surface area (Å²) < 4.78 is 19.3. The molecule has 2 heterocycles. The molecule has 2 aromatic heterocycles. The average Bonchev–Trinajstić information content (AvgIpc) is 2.70. The minimum Gasteiger partial charge on any atom is -0.474 e.